The van der Waals surface area contributed by atoms with Gasteiger partial charge in [-0.15, -0.1) is 0 Å². The van der Waals surface area contributed by atoms with Crippen LogP contribution >= 0.6 is 0 Å². The highest BCUT2D eigenvalue weighted by molar-refractivity contribution is 5.75. The first-order chi connectivity index (χ1) is 7.98. The van der Waals surface area contributed by atoms with Crippen LogP contribution in [0.15, 0.2) is 0 Å². The highest BCUT2D eigenvalue weighted by Gasteiger charge is 2.61. The average molecular weight is 252 g/mol. The summed E-state index contributed by atoms with van der Waals surface area (Å²) in [5.74, 6) is -3.58. The Kier molecular flexibility index (Phi) is 3.19. The van der Waals surface area contributed by atoms with E-state index >= 15 is 0 Å². The summed E-state index contributed by atoms with van der Waals surface area (Å²) in [6.45, 7) is -0.153. The van der Waals surface area contributed by atoms with Crippen LogP contribution in [0, 0.1) is 0 Å². The highest BCUT2D eigenvalue weighted by Crippen LogP contribution is 2.38. The molecule has 2 aliphatic heterocycles. The summed E-state index contributed by atoms with van der Waals surface area (Å²) in [4.78, 5) is 12.3. The van der Waals surface area contributed by atoms with Gasteiger partial charge in [0, 0.05) is 13.1 Å². The Labute approximate surface area is 96.2 Å². The van der Waals surface area contributed by atoms with Crippen molar-refractivity contribution < 1.29 is 28.5 Å². The lowest BCUT2D eigenvalue weighted by Crippen LogP contribution is -2.57. The predicted molar refractivity (Wildman–Crippen MR) is 51.4 cm³/mol. The second kappa shape index (κ2) is 4.35. The van der Waals surface area contributed by atoms with Crippen LogP contribution in [0.2, 0.25) is 0 Å². The van der Waals surface area contributed by atoms with Crippen molar-refractivity contribution in [2.45, 2.75) is 30.8 Å². The number of carbonyl (C=O) groups excluding carboxylic acids is 1. The second-order valence-electron chi connectivity index (χ2n) is 4.11. The molecule has 0 aromatic carbocycles. The maximum absolute atomic E-state index is 13.7. The molecular weight excluding hydrogens is 238 g/mol. The number of carbonyl (C=O) groups is 1. The molecule has 98 valence electrons. The lowest BCUT2D eigenvalue weighted by molar-refractivity contribution is -0.156. The van der Waals surface area contributed by atoms with Crippen LogP contribution in [-0.2, 0) is 4.74 Å². The molecule has 0 aliphatic carbocycles. The highest BCUT2D eigenvalue weighted by atomic mass is 19.3. The van der Waals surface area contributed by atoms with Crippen LogP contribution in [0.5, 0.6) is 0 Å². The van der Waals surface area contributed by atoms with Crippen molar-refractivity contribution in [2.75, 3.05) is 19.7 Å². The minimum atomic E-state index is -3.58. The van der Waals surface area contributed by atoms with Crippen molar-refractivity contribution in [3.05, 3.63) is 0 Å². The van der Waals surface area contributed by atoms with Gasteiger partial charge in [0.15, 0.2) is 6.10 Å². The summed E-state index contributed by atoms with van der Waals surface area (Å²) in [5.41, 5.74) is 0. The van der Waals surface area contributed by atoms with Gasteiger partial charge in [-0.25, -0.2) is 4.79 Å². The molecule has 3 atom stereocenters. The molecule has 0 saturated carbocycles. The van der Waals surface area contributed by atoms with Gasteiger partial charge in [0.1, 0.15) is 6.10 Å². The molecule has 0 radical (unpaired) electrons. The molecule has 2 amide bonds. The number of aliphatic hydroxyl groups is 2. The van der Waals surface area contributed by atoms with Gasteiger partial charge >= 0.3 is 12.0 Å². The number of nitrogens with one attached hydrogen (secondary N) is 1. The lowest BCUT2D eigenvalue weighted by atomic mass is 10.1. The van der Waals surface area contributed by atoms with Gasteiger partial charge in [-0.05, 0) is 6.42 Å². The molecule has 0 spiro atoms. The molecule has 2 fully saturated rings. The normalized spacial score (nSPS) is 37.1. The summed E-state index contributed by atoms with van der Waals surface area (Å²) in [6.07, 6.45) is -4.77. The van der Waals surface area contributed by atoms with Gasteiger partial charge in [0.2, 0.25) is 6.23 Å². The number of alkyl halides is 2. The van der Waals surface area contributed by atoms with E-state index in [0.717, 1.165) is 4.90 Å². The fourth-order valence-electron chi connectivity index (χ4n) is 2.02. The largest absolute Gasteiger partial charge is 0.394 e. The van der Waals surface area contributed by atoms with Crippen molar-refractivity contribution in [3.8, 4) is 0 Å². The number of halogens is 2. The molecule has 1 unspecified atom stereocenters. The minimum Gasteiger partial charge on any atom is -0.394 e. The van der Waals surface area contributed by atoms with E-state index in [4.69, 9.17) is 9.84 Å². The van der Waals surface area contributed by atoms with Crippen LogP contribution in [0.25, 0.3) is 0 Å². The molecule has 3 N–H and O–H groups in total. The Morgan fingerprint density at radius 1 is 1.59 bits per heavy atom. The van der Waals surface area contributed by atoms with Crippen LogP contribution in [-0.4, -0.2) is 65.2 Å². The van der Waals surface area contributed by atoms with Crippen molar-refractivity contribution in [3.63, 3.8) is 0 Å². The van der Waals surface area contributed by atoms with E-state index in [0.29, 0.717) is 13.0 Å². The number of ether oxygens (including phenoxy) is 1. The van der Waals surface area contributed by atoms with Gasteiger partial charge in [0.25, 0.3) is 0 Å². The number of hydrogen-bond donors (Lipinski definition) is 3. The molecule has 2 rings (SSSR count). The third kappa shape index (κ3) is 1.96. The Balaban J connectivity index is 2.17. The summed E-state index contributed by atoms with van der Waals surface area (Å²) < 4.78 is 32.2. The number of aliphatic hydroxyl groups excluding tert-OH is 2. The standard InChI is InChI=1S/C9H14F2N2O4/c10-9(11)6(15)5(4-14)17-7(9)13-3-1-2-12-8(13)16/h5-7,14-15H,1-4H2,(H,12,16)/t5?,6-,7-/m1/s1. The van der Waals surface area contributed by atoms with Gasteiger partial charge < -0.3 is 20.3 Å². The van der Waals surface area contributed by atoms with E-state index in [1.165, 1.54) is 0 Å². The monoisotopic (exact) mass is 252 g/mol. The number of amides is 2. The van der Waals surface area contributed by atoms with Crippen molar-refractivity contribution in [1.29, 1.82) is 0 Å². The first kappa shape index (κ1) is 12.5. The zero-order valence-electron chi connectivity index (χ0n) is 8.97. The molecule has 2 aliphatic rings. The predicted octanol–water partition coefficient (Wildman–Crippen LogP) is -0.885. The van der Waals surface area contributed by atoms with Crippen molar-refractivity contribution >= 4 is 6.03 Å². The molecule has 2 heterocycles. The van der Waals surface area contributed by atoms with Crippen LogP contribution < -0.4 is 5.32 Å². The SMILES string of the molecule is O=C1NCCCN1[C@@H]1OC(CO)[C@@H](O)C1(F)F. The number of rotatable bonds is 2. The van der Waals surface area contributed by atoms with Crippen LogP contribution in [0.4, 0.5) is 13.6 Å². The summed E-state index contributed by atoms with van der Waals surface area (Å²) in [6, 6.07) is -0.647. The van der Waals surface area contributed by atoms with Gasteiger partial charge in [-0.1, -0.05) is 0 Å². The van der Waals surface area contributed by atoms with E-state index in [2.05, 4.69) is 5.32 Å². The topological polar surface area (TPSA) is 82.0 Å². The second-order valence-corrected chi connectivity index (χ2v) is 4.11. The van der Waals surface area contributed by atoms with Gasteiger partial charge in [-0.3, -0.25) is 4.90 Å². The van der Waals surface area contributed by atoms with Crippen LogP contribution in [0.1, 0.15) is 6.42 Å². The summed E-state index contributed by atoms with van der Waals surface area (Å²) >= 11 is 0. The first-order valence-corrected chi connectivity index (χ1v) is 5.35. The van der Waals surface area contributed by atoms with E-state index in [1.807, 2.05) is 0 Å². The smallest absolute Gasteiger partial charge is 0.319 e. The number of hydrogen-bond acceptors (Lipinski definition) is 4. The van der Waals surface area contributed by atoms with E-state index in [1.54, 1.807) is 0 Å². The van der Waals surface area contributed by atoms with Gasteiger partial charge in [-0.2, -0.15) is 8.78 Å². The summed E-state index contributed by atoms with van der Waals surface area (Å²) in [7, 11) is 0. The van der Waals surface area contributed by atoms with Crippen molar-refractivity contribution in [1.82, 2.24) is 10.2 Å². The molecule has 2 saturated heterocycles. The quantitative estimate of drug-likeness (QED) is 0.596. The van der Waals surface area contributed by atoms with Crippen LogP contribution in [0.3, 0.4) is 0 Å². The molecule has 0 bridgehead atoms. The first-order valence-electron chi connectivity index (χ1n) is 5.35. The lowest BCUT2D eigenvalue weighted by Gasteiger charge is -2.34. The van der Waals surface area contributed by atoms with Gasteiger partial charge in [0.05, 0.1) is 6.61 Å². The van der Waals surface area contributed by atoms with E-state index < -0.39 is 37.0 Å². The Morgan fingerprint density at radius 3 is 2.82 bits per heavy atom. The Morgan fingerprint density at radius 2 is 2.29 bits per heavy atom. The Hall–Kier alpha value is -0.990. The number of urea groups is 1. The fourth-order valence-corrected chi connectivity index (χ4v) is 2.02. The Bertz CT molecular complexity index is 315. The van der Waals surface area contributed by atoms with Crippen molar-refractivity contribution in [2.24, 2.45) is 0 Å². The molecular formula is C9H14F2N2O4. The maximum atomic E-state index is 13.7. The molecule has 0 aromatic heterocycles. The maximum Gasteiger partial charge on any atom is 0.319 e. The van der Waals surface area contributed by atoms with E-state index in [-0.39, 0.29) is 6.54 Å². The minimum absolute atomic E-state index is 0.136. The molecule has 8 heteroatoms. The average Bonchev–Trinajstić information content (AvgIpc) is 2.52. The zero-order chi connectivity index (χ0) is 12.6. The molecule has 17 heavy (non-hydrogen) atoms. The zero-order valence-corrected chi connectivity index (χ0v) is 8.97. The summed E-state index contributed by atoms with van der Waals surface area (Å²) in [5, 5.41) is 20.5. The molecule has 0 aromatic rings. The molecule has 6 nitrogen and oxygen atoms in total. The third-order valence-corrected chi connectivity index (χ3v) is 2.96. The number of nitrogens with zero attached hydrogens (tertiary/aromatic N) is 1. The third-order valence-electron chi connectivity index (χ3n) is 2.96. The fraction of sp³-hybridized carbons (Fsp3) is 0.889. The van der Waals surface area contributed by atoms with E-state index in [9.17, 15) is 18.7 Å².